The first-order chi connectivity index (χ1) is 9.79. The number of nitrogens with one attached hydrogen (secondary N) is 2. The molecule has 1 unspecified atom stereocenters. The zero-order valence-corrected chi connectivity index (χ0v) is 13.9. The van der Waals surface area contributed by atoms with E-state index < -0.39 is 0 Å². The van der Waals surface area contributed by atoms with Crippen LogP contribution in [0.15, 0.2) is 11.4 Å². The van der Waals surface area contributed by atoms with Gasteiger partial charge in [-0.05, 0) is 13.8 Å². The molecule has 1 atom stereocenters. The number of hydrazine groups is 1. The van der Waals surface area contributed by atoms with Gasteiger partial charge in [0.05, 0.1) is 6.04 Å². The summed E-state index contributed by atoms with van der Waals surface area (Å²) in [6.45, 7) is 10.3. The molecule has 2 aromatic heterocycles. The molecule has 7 heteroatoms. The van der Waals surface area contributed by atoms with Crippen molar-refractivity contribution >= 4 is 23.0 Å². The lowest BCUT2D eigenvalue weighted by Crippen LogP contribution is -2.20. The topological polar surface area (TPSA) is 88.8 Å². The minimum Gasteiger partial charge on any atom is -0.361 e. The molecule has 2 aromatic rings. The molecule has 0 radical (unpaired) electrons. The van der Waals surface area contributed by atoms with Gasteiger partial charge in [-0.2, -0.15) is 0 Å². The second-order valence-electron chi connectivity index (χ2n) is 6.05. The third-order valence-corrected chi connectivity index (χ3v) is 4.06. The Labute approximate surface area is 129 Å². The van der Waals surface area contributed by atoms with Gasteiger partial charge in [0, 0.05) is 22.6 Å². The molecule has 0 saturated heterocycles. The molecule has 4 N–H and O–H groups in total. The lowest BCUT2D eigenvalue weighted by Gasteiger charge is -2.20. The van der Waals surface area contributed by atoms with Crippen molar-refractivity contribution in [2.24, 2.45) is 5.84 Å². The van der Waals surface area contributed by atoms with Gasteiger partial charge in [-0.25, -0.2) is 20.8 Å². The van der Waals surface area contributed by atoms with E-state index in [-0.39, 0.29) is 11.5 Å². The number of anilines is 2. The number of rotatable bonds is 4. The molecule has 2 heterocycles. The summed E-state index contributed by atoms with van der Waals surface area (Å²) in [5.74, 6) is 7.57. The lowest BCUT2D eigenvalue weighted by atomic mass is 9.96. The van der Waals surface area contributed by atoms with Crippen molar-refractivity contribution in [3.8, 4) is 0 Å². The number of hydrogen-bond donors (Lipinski definition) is 3. The Bertz CT molecular complexity index is 616. The number of hydrogen-bond acceptors (Lipinski definition) is 7. The van der Waals surface area contributed by atoms with E-state index in [1.54, 1.807) is 17.4 Å². The quantitative estimate of drug-likeness (QED) is 0.594. The van der Waals surface area contributed by atoms with Gasteiger partial charge in [-0.15, -0.1) is 11.3 Å². The number of aromatic nitrogens is 3. The molecular formula is C14H22N6S. The number of nitrogen functional groups attached to an aromatic ring is 1. The molecular weight excluding hydrogens is 284 g/mol. The van der Waals surface area contributed by atoms with E-state index in [4.69, 9.17) is 5.84 Å². The highest BCUT2D eigenvalue weighted by Gasteiger charge is 2.20. The van der Waals surface area contributed by atoms with E-state index in [9.17, 15) is 0 Å². The summed E-state index contributed by atoms with van der Waals surface area (Å²) in [5, 5.41) is 6.44. The molecule has 0 aromatic carbocycles. The first-order valence-corrected chi connectivity index (χ1v) is 7.72. The highest BCUT2D eigenvalue weighted by Crippen LogP contribution is 2.25. The first kappa shape index (κ1) is 15.7. The van der Waals surface area contributed by atoms with Crippen molar-refractivity contribution in [3.05, 3.63) is 28.0 Å². The van der Waals surface area contributed by atoms with Crippen LogP contribution in [-0.4, -0.2) is 15.0 Å². The third-order valence-electron chi connectivity index (χ3n) is 2.92. The first-order valence-electron chi connectivity index (χ1n) is 6.84. The number of nitrogens with two attached hydrogens (primary N) is 1. The number of thiazole rings is 1. The molecule has 0 saturated carbocycles. The van der Waals surface area contributed by atoms with Crippen LogP contribution in [0.4, 0.5) is 11.6 Å². The van der Waals surface area contributed by atoms with Crippen LogP contribution in [0, 0.1) is 6.92 Å². The van der Waals surface area contributed by atoms with Gasteiger partial charge in [0.1, 0.15) is 22.5 Å². The maximum absolute atomic E-state index is 5.50. The van der Waals surface area contributed by atoms with Crippen molar-refractivity contribution in [2.75, 3.05) is 10.7 Å². The molecule has 21 heavy (non-hydrogen) atoms. The van der Waals surface area contributed by atoms with Gasteiger partial charge < -0.3 is 10.7 Å². The zero-order valence-electron chi connectivity index (χ0n) is 13.1. The Morgan fingerprint density at radius 1 is 1.19 bits per heavy atom. The van der Waals surface area contributed by atoms with Crippen LogP contribution >= 0.6 is 11.3 Å². The smallest absolute Gasteiger partial charge is 0.145 e. The van der Waals surface area contributed by atoms with Crippen molar-refractivity contribution in [1.29, 1.82) is 0 Å². The summed E-state index contributed by atoms with van der Waals surface area (Å²) in [7, 11) is 0. The van der Waals surface area contributed by atoms with Crippen molar-refractivity contribution in [1.82, 2.24) is 15.0 Å². The van der Waals surface area contributed by atoms with E-state index in [1.165, 1.54) is 0 Å². The molecule has 6 nitrogen and oxygen atoms in total. The van der Waals surface area contributed by atoms with Crippen LogP contribution in [0.5, 0.6) is 0 Å². The lowest BCUT2D eigenvalue weighted by molar-refractivity contribution is 0.546. The molecule has 2 rings (SSSR count). The predicted molar refractivity (Wildman–Crippen MR) is 87.4 cm³/mol. The maximum Gasteiger partial charge on any atom is 0.145 e. The fourth-order valence-corrected chi connectivity index (χ4v) is 2.59. The van der Waals surface area contributed by atoms with Gasteiger partial charge >= 0.3 is 0 Å². The minimum absolute atomic E-state index is 0.0806. The third kappa shape index (κ3) is 3.89. The van der Waals surface area contributed by atoms with Crippen LogP contribution in [-0.2, 0) is 5.41 Å². The highest BCUT2D eigenvalue weighted by molar-refractivity contribution is 7.09. The number of aryl methyl sites for hydroxylation is 1. The van der Waals surface area contributed by atoms with Gasteiger partial charge in [0.15, 0.2) is 0 Å². The van der Waals surface area contributed by atoms with E-state index in [1.807, 2.05) is 12.3 Å². The average Bonchev–Trinajstić information content (AvgIpc) is 2.84. The van der Waals surface area contributed by atoms with E-state index in [0.29, 0.717) is 5.82 Å². The Morgan fingerprint density at radius 3 is 2.38 bits per heavy atom. The van der Waals surface area contributed by atoms with Crippen LogP contribution in [0.2, 0.25) is 0 Å². The molecule has 0 amide bonds. The fraction of sp³-hybridized carbons (Fsp3) is 0.500. The molecule has 0 aliphatic carbocycles. The van der Waals surface area contributed by atoms with Gasteiger partial charge in [-0.1, -0.05) is 20.8 Å². The summed E-state index contributed by atoms with van der Waals surface area (Å²) in [6.07, 6.45) is 0. The van der Waals surface area contributed by atoms with Crippen molar-refractivity contribution in [2.45, 2.75) is 46.1 Å². The van der Waals surface area contributed by atoms with E-state index >= 15 is 0 Å². The highest BCUT2D eigenvalue weighted by atomic mass is 32.1. The molecule has 0 aliphatic heterocycles. The summed E-state index contributed by atoms with van der Waals surface area (Å²) in [4.78, 5) is 13.5. The summed E-state index contributed by atoms with van der Waals surface area (Å²) >= 11 is 1.64. The van der Waals surface area contributed by atoms with Crippen molar-refractivity contribution < 1.29 is 0 Å². The van der Waals surface area contributed by atoms with Crippen LogP contribution < -0.4 is 16.6 Å². The monoisotopic (exact) mass is 306 g/mol. The van der Waals surface area contributed by atoms with Gasteiger partial charge in [-0.3, -0.25) is 0 Å². The van der Waals surface area contributed by atoms with Crippen LogP contribution in [0.25, 0.3) is 0 Å². The van der Waals surface area contributed by atoms with Gasteiger partial charge in [0.2, 0.25) is 0 Å². The Morgan fingerprint density at radius 2 is 1.86 bits per heavy atom. The Kier molecular flexibility index (Phi) is 4.43. The molecule has 0 fully saturated rings. The van der Waals surface area contributed by atoms with Crippen LogP contribution in [0.3, 0.4) is 0 Å². The van der Waals surface area contributed by atoms with Crippen molar-refractivity contribution in [3.63, 3.8) is 0 Å². The predicted octanol–water partition coefficient (Wildman–Crippen LogP) is 3.00. The van der Waals surface area contributed by atoms with E-state index in [0.717, 1.165) is 22.3 Å². The summed E-state index contributed by atoms with van der Waals surface area (Å²) in [6, 6.07) is 1.88. The molecule has 114 valence electrons. The van der Waals surface area contributed by atoms with E-state index in [2.05, 4.69) is 53.4 Å². The fourth-order valence-electron chi connectivity index (χ4n) is 1.79. The normalized spacial score (nSPS) is 13.0. The average molecular weight is 306 g/mol. The molecule has 0 aliphatic rings. The summed E-state index contributed by atoms with van der Waals surface area (Å²) < 4.78 is 0. The largest absolute Gasteiger partial charge is 0.361 e. The molecule has 0 spiro atoms. The molecule has 0 bridgehead atoms. The maximum atomic E-state index is 5.50. The standard InChI is InChI=1S/C14H22N6S/c1-8-7-21-12(16-8)9(2)17-10-6-11(20-15)19-13(18-10)14(3,4)5/h6-7,9H,15H2,1-5H3,(H2,17,18,19,20). The minimum atomic E-state index is -0.149. The summed E-state index contributed by atoms with van der Waals surface area (Å²) in [5.41, 5.74) is 3.48. The second-order valence-corrected chi connectivity index (χ2v) is 6.94. The number of nitrogens with zero attached hydrogens (tertiary/aromatic N) is 3. The zero-order chi connectivity index (χ0) is 15.6. The Hall–Kier alpha value is -1.73. The Balaban J connectivity index is 2.27. The van der Waals surface area contributed by atoms with Crippen LogP contribution in [0.1, 0.15) is 50.3 Å². The second kappa shape index (κ2) is 5.95. The van der Waals surface area contributed by atoms with Gasteiger partial charge in [0.25, 0.3) is 0 Å². The SMILES string of the molecule is Cc1csc(C(C)Nc2cc(NN)nc(C(C)(C)C)n2)n1.